The topological polar surface area (TPSA) is 30.0 Å². The summed E-state index contributed by atoms with van der Waals surface area (Å²) >= 11 is 0. The number of carbonyl (C=O) groups excluding carboxylic acids is 1. The van der Waals surface area contributed by atoms with Gasteiger partial charge in [-0.25, -0.2) is 0 Å². The summed E-state index contributed by atoms with van der Waals surface area (Å²) in [5, 5.41) is 0. The second-order valence-corrected chi connectivity index (χ2v) is 5.99. The molecule has 0 bridgehead atoms. The average molecular weight is 217 g/mol. The summed E-state index contributed by atoms with van der Waals surface area (Å²) in [7, 11) is 0. The molecule has 1 aliphatic rings. The van der Waals surface area contributed by atoms with E-state index in [2.05, 4.69) is 32.7 Å². The van der Waals surface area contributed by atoms with E-state index in [9.17, 15) is 4.79 Å². The first kappa shape index (κ1) is 11.3. The third-order valence-corrected chi connectivity index (χ3v) is 4.44. The van der Waals surface area contributed by atoms with Gasteiger partial charge in [0.1, 0.15) is 0 Å². The number of ketones is 1. The highest BCUT2D eigenvalue weighted by Crippen LogP contribution is 2.69. The van der Waals surface area contributed by atoms with E-state index in [0.29, 0.717) is 0 Å². The predicted octanol–water partition coefficient (Wildman–Crippen LogP) is 3.25. The zero-order valence-electron chi connectivity index (χ0n) is 10.7. The molecule has 2 heteroatoms. The van der Waals surface area contributed by atoms with Crippen LogP contribution in [0.15, 0.2) is 18.5 Å². The summed E-state index contributed by atoms with van der Waals surface area (Å²) in [6.07, 6.45) is 3.46. The highest BCUT2D eigenvalue weighted by Gasteiger charge is 2.67. The molecule has 0 unspecified atom stereocenters. The van der Waals surface area contributed by atoms with E-state index in [-0.39, 0.29) is 22.5 Å². The zero-order chi connectivity index (χ0) is 12.1. The molecule has 2 rings (SSSR count). The summed E-state index contributed by atoms with van der Waals surface area (Å²) in [6, 6.07) is 1.93. The van der Waals surface area contributed by atoms with E-state index in [4.69, 9.17) is 0 Å². The molecule has 1 saturated carbocycles. The minimum absolute atomic E-state index is 0.105. The number of hydrogen-bond acceptors (Lipinski definition) is 2. The Bertz CT molecular complexity index is 432. The Balaban J connectivity index is 2.29. The van der Waals surface area contributed by atoms with Gasteiger partial charge in [0.05, 0.1) is 0 Å². The van der Waals surface area contributed by atoms with Crippen molar-refractivity contribution in [3.63, 3.8) is 0 Å². The highest BCUT2D eigenvalue weighted by molar-refractivity contribution is 6.01. The molecule has 0 saturated heterocycles. The van der Waals surface area contributed by atoms with Gasteiger partial charge in [0.25, 0.3) is 0 Å². The molecule has 0 radical (unpaired) electrons. The molecule has 0 N–H and O–H groups in total. The van der Waals surface area contributed by atoms with Crippen molar-refractivity contribution in [1.29, 1.82) is 0 Å². The summed E-state index contributed by atoms with van der Waals surface area (Å²) in [4.78, 5) is 16.4. The van der Waals surface area contributed by atoms with Crippen LogP contribution in [0.1, 0.15) is 43.6 Å². The van der Waals surface area contributed by atoms with Crippen molar-refractivity contribution in [3.05, 3.63) is 29.6 Å². The number of carbonyl (C=O) groups is 1. The third-order valence-electron chi connectivity index (χ3n) is 4.44. The first-order chi connectivity index (χ1) is 7.28. The molecule has 16 heavy (non-hydrogen) atoms. The van der Waals surface area contributed by atoms with Crippen molar-refractivity contribution in [2.24, 2.45) is 16.7 Å². The molecular formula is C14H19NO. The molecule has 0 atom stereocenters. The van der Waals surface area contributed by atoms with Gasteiger partial charge in [-0.2, -0.15) is 0 Å². The Hall–Kier alpha value is -1.18. The summed E-state index contributed by atoms with van der Waals surface area (Å²) < 4.78 is 0. The van der Waals surface area contributed by atoms with E-state index in [1.54, 1.807) is 12.4 Å². The third kappa shape index (κ3) is 1.40. The lowest BCUT2D eigenvalue weighted by Gasteiger charge is -2.03. The molecule has 1 aliphatic carbocycles. The normalized spacial score (nSPS) is 21.8. The van der Waals surface area contributed by atoms with Crippen LogP contribution in [0, 0.1) is 23.7 Å². The van der Waals surface area contributed by atoms with Crippen LogP contribution in [0.3, 0.4) is 0 Å². The molecule has 0 amide bonds. The molecule has 0 aliphatic heterocycles. The van der Waals surface area contributed by atoms with Crippen molar-refractivity contribution >= 4 is 5.78 Å². The van der Waals surface area contributed by atoms with Gasteiger partial charge in [-0.3, -0.25) is 9.78 Å². The van der Waals surface area contributed by atoms with Crippen LogP contribution < -0.4 is 0 Å². The van der Waals surface area contributed by atoms with Gasteiger partial charge in [-0.05, 0) is 29.4 Å². The van der Waals surface area contributed by atoms with Crippen LogP contribution in [0.5, 0.6) is 0 Å². The molecular weight excluding hydrogens is 198 g/mol. The molecule has 1 aromatic heterocycles. The molecule has 1 fully saturated rings. The van der Waals surface area contributed by atoms with E-state index < -0.39 is 0 Å². The SMILES string of the molecule is Cc1cncc(C(=O)C2C(C)(C)C2(C)C)c1. The first-order valence-electron chi connectivity index (χ1n) is 5.74. The smallest absolute Gasteiger partial charge is 0.168 e. The fourth-order valence-corrected chi connectivity index (χ4v) is 2.71. The summed E-state index contributed by atoms with van der Waals surface area (Å²) in [6.45, 7) is 10.6. The quantitative estimate of drug-likeness (QED) is 0.712. The maximum absolute atomic E-state index is 12.4. The molecule has 1 heterocycles. The van der Waals surface area contributed by atoms with E-state index in [0.717, 1.165) is 11.1 Å². The van der Waals surface area contributed by atoms with Crippen LogP contribution in [0.4, 0.5) is 0 Å². The second kappa shape index (κ2) is 3.16. The molecule has 1 aromatic rings. The molecule has 2 nitrogen and oxygen atoms in total. The Labute approximate surface area is 97.1 Å². The number of aromatic nitrogens is 1. The van der Waals surface area contributed by atoms with Crippen LogP contribution in [0.25, 0.3) is 0 Å². The number of aryl methyl sites for hydroxylation is 1. The van der Waals surface area contributed by atoms with Crippen molar-refractivity contribution in [1.82, 2.24) is 4.98 Å². The highest BCUT2D eigenvalue weighted by atomic mass is 16.1. The van der Waals surface area contributed by atoms with Crippen molar-refractivity contribution < 1.29 is 4.79 Å². The summed E-state index contributed by atoms with van der Waals surface area (Å²) in [5.41, 5.74) is 2.01. The van der Waals surface area contributed by atoms with Gasteiger partial charge in [-0.15, -0.1) is 0 Å². The van der Waals surface area contributed by atoms with Crippen molar-refractivity contribution in [3.8, 4) is 0 Å². The van der Waals surface area contributed by atoms with Gasteiger partial charge < -0.3 is 0 Å². The predicted molar refractivity (Wildman–Crippen MR) is 64.4 cm³/mol. The zero-order valence-corrected chi connectivity index (χ0v) is 10.7. The Morgan fingerprint density at radius 1 is 1.19 bits per heavy atom. The van der Waals surface area contributed by atoms with Crippen LogP contribution in [-0.4, -0.2) is 10.8 Å². The molecule has 86 valence electrons. The lowest BCUT2D eigenvalue weighted by molar-refractivity contribution is 0.0944. The lowest BCUT2D eigenvalue weighted by Crippen LogP contribution is -2.08. The fourth-order valence-electron chi connectivity index (χ4n) is 2.71. The minimum atomic E-state index is 0.105. The van der Waals surface area contributed by atoms with Crippen LogP contribution >= 0.6 is 0 Å². The molecule has 0 spiro atoms. The lowest BCUT2D eigenvalue weighted by atomic mass is 10.0. The van der Waals surface area contributed by atoms with Crippen molar-refractivity contribution in [2.45, 2.75) is 34.6 Å². The van der Waals surface area contributed by atoms with E-state index in [1.807, 2.05) is 13.0 Å². The maximum atomic E-state index is 12.4. The van der Waals surface area contributed by atoms with Gasteiger partial charge in [0.2, 0.25) is 0 Å². The van der Waals surface area contributed by atoms with Crippen LogP contribution in [0.2, 0.25) is 0 Å². The van der Waals surface area contributed by atoms with E-state index >= 15 is 0 Å². The minimum Gasteiger partial charge on any atom is -0.294 e. The Morgan fingerprint density at radius 3 is 2.19 bits per heavy atom. The van der Waals surface area contributed by atoms with E-state index in [1.165, 1.54) is 0 Å². The first-order valence-corrected chi connectivity index (χ1v) is 5.74. The van der Waals surface area contributed by atoms with Gasteiger partial charge in [0, 0.05) is 23.9 Å². The second-order valence-electron chi connectivity index (χ2n) is 5.99. The Morgan fingerprint density at radius 2 is 1.75 bits per heavy atom. The number of Topliss-reactive ketones (excluding diaryl/α,β-unsaturated/α-hetero) is 1. The van der Waals surface area contributed by atoms with Crippen LogP contribution in [-0.2, 0) is 0 Å². The fraction of sp³-hybridized carbons (Fsp3) is 0.571. The number of rotatable bonds is 2. The number of hydrogen-bond donors (Lipinski definition) is 0. The number of pyridine rings is 1. The largest absolute Gasteiger partial charge is 0.294 e. The average Bonchev–Trinajstić information content (AvgIpc) is 2.56. The molecule has 0 aromatic carbocycles. The van der Waals surface area contributed by atoms with Gasteiger partial charge in [-0.1, -0.05) is 27.7 Å². The standard InChI is InChI=1S/C14H19NO/c1-9-6-10(8-15-7-9)11(16)12-13(2,3)14(12,4)5/h6-8,12H,1-5H3. The van der Waals surface area contributed by atoms with Crippen molar-refractivity contribution in [2.75, 3.05) is 0 Å². The summed E-state index contributed by atoms with van der Waals surface area (Å²) in [5.74, 6) is 0.370. The number of nitrogens with zero attached hydrogens (tertiary/aromatic N) is 1. The Kier molecular flexibility index (Phi) is 2.23. The maximum Gasteiger partial charge on any atom is 0.168 e. The van der Waals surface area contributed by atoms with Gasteiger partial charge >= 0.3 is 0 Å². The van der Waals surface area contributed by atoms with Gasteiger partial charge in [0.15, 0.2) is 5.78 Å². The monoisotopic (exact) mass is 217 g/mol.